The number of nitrogens with one attached hydrogen (secondary N) is 1. The van der Waals surface area contributed by atoms with Crippen molar-refractivity contribution in [2.45, 2.75) is 32.8 Å². The van der Waals surface area contributed by atoms with Crippen LogP contribution >= 0.6 is 0 Å². The molecule has 3 aromatic rings. The predicted molar refractivity (Wildman–Crippen MR) is 138 cm³/mol. The van der Waals surface area contributed by atoms with Crippen LogP contribution in [0, 0.1) is 5.92 Å². The van der Waals surface area contributed by atoms with Gasteiger partial charge in [0.25, 0.3) is 5.91 Å². The number of amides is 1. The topological polar surface area (TPSA) is 154 Å². The maximum Gasteiger partial charge on any atom is 0.319 e. The van der Waals surface area contributed by atoms with Crippen LogP contribution in [-0.4, -0.2) is 74.7 Å². The number of hydrogen-bond donors (Lipinski definition) is 3. The first-order chi connectivity index (χ1) is 17.8. The quantitative estimate of drug-likeness (QED) is 0.367. The Morgan fingerprint density at radius 1 is 1.22 bits per heavy atom. The lowest BCUT2D eigenvalue weighted by molar-refractivity contribution is 0.0946. The first-order valence-corrected chi connectivity index (χ1v) is 12.4. The number of hydrogen-bond acceptors (Lipinski definition) is 10. The number of nitrogens with two attached hydrogens (primary N) is 1. The van der Waals surface area contributed by atoms with Crippen molar-refractivity contribution in [1.82, 2.24) is 30.0 Å². The van der Waals surface area contributed by atoms with E-state index in [1.807, 2.05) is 26.2 Å². The van der Waals surface area contributed by atoms with Crippen LogP contribution in [0.1, 0.15) is 37.2 Å². The number of nitrogens with zero attached hydrogens (tertiary/aromatic N) is 6. The van der Waals surface area contributed by atoms with Crippen molar-refractivity contribution in [2.75, 3.05) is 43.5 Å². The molecule has 12 heteroatoms. The first kappa shape index (κ1) is 26.1. The Hall–Kier alpha value is -3.93. The molecule has 4 N–H and O–H groups in total. The number of carbonyl (C=O) groups is 1. The van der Waals surface area contributed by atoms with E-state index in [-0.39, 0.29) is 24.2 Å². The molecule has 0 bridgehead atoms. The number of ether oxygens (including phenoxy) is 2. The van der Waals surface area contributed by atoms with E-state index in [2.05, 4.69) is 30.3 Å². The molecule has 0 saturated carbocycles. The van der Waals surface area contributed by atoms with Crippen molar-refractivity contribution in [2.24, 2.45) is 13.0 Å². The molecule has 1 amide bonds. The Balaban J connectivity index is 1.38. The van der Waals surface area contributed by atoms with Gasteiger partial charge in [0.05, 0.1) is 18.9 Å². The lowest BCUT2D eigenvalue weighted by atomic mass is 9.98. The molecule has 1 aliphatic rings. The number of aliphatic hydroxyl groups excluding tert-OH is 1. The van der Waals surface area contributed by atoms with E-state index in [1.54, 1.807) is 30.1 Å². The van der Waals surface area contributed by atoms with Gasteiger partial charge in [0, 0.05) is 56.3 Å². The first-order valence-electron chi connectivity index (χ1n) is 12.4. The van der Waals surface area contributed by atoms with E-state index in [0.717, 1.165) is 37.1 Å². The van der Waals surface area contributed by atoms with E-state index in [4.69, 9.17) is 15.2 Å². The van der Waals surface area contributed by atoms with Crippen LogP contribution in [0.15, 0.2) is 30.7 Å². The van der Waals surface area contributed by atoms with Gasteiger partial charge >= 0.3 is 6.01 Å². The number of rotatable bonds is 10. The molecule has 12 nitrogen and oxygen atoms in total. The minimum atomic E-state index is -0.676. The Morgan fingerprint density at radius 2 is 2.00 bits per heavy atom. The minimum Gasteiger partial charge on any atom is -0.489 e. The van der Waals surface area contributed by atoms with Gasteiger partial charge in [0.15, 0.2) is 11.6 Å². The third-order valence-electron chi connectivity index (χ3n) is 6.05. The second kappa shape index (κ2) is 11.9. The second-order valence-corrected chi connectivity index (χ2v) is 9.16. The van der Waals surface area contributed by atoms with Crippen molar-refractivity contribution in [3.05, 3.63) is 36.4 Å². The number of aryl methyl sites for hydroxylation is 1. The van der Waals surface area contributed by atoms with Crippen molar-refractivity contribution < 1.29 is 19.4 Å². The molecule has 0 aromatic carbocycles. The van der Waals surface area contributed by atoms with E-state index >= 15 is 0 Å². The largest absolute Gasteiger partial charge is 0.489 e. The number of aliphatic hydroxyl groups is 1. The van der Waals surface area contributed by atoms with E-state index in [1.165, 1.54) is 0 Å². The number of aromatic nitrogens is 5. The normalized spacial score (nSPS) is 14.9. The zero-order valence-electron chi connectivity index (χ0n) is 21.4. The number of anilines is 2. The Labute approximate surface area is 215 Å². The molecule has 1 aliphatic heterocycles. The highest BCUT2D eigenvalue weighted by Crippen LogP contribution is 2.29. The third kappa shape index (κ3) is 6.85. The summed E-state index contributed by atoms with van der Waals surface area (Å²) in [6.07, 6.45) is 6.48. The van der Waals surface area contributed by atoms with E-state index in [9.17, 15) is 9.90 Å². The summed E-state index contributed by atoms with van der Waals surface area (Å²) < 4.78 is 13.3. The summed E-state index contributed by atoms with van der Waals surface area (Å²) in [5, 5.41) is 16.5. The Kier molecular flexibility index (Phi) is 8.39. The predicted octanol–water partition coefficient (Wildman–Crippen LogP) is 1.66. The van der Waals surface area contributed by atoms with E-state index in [0.29, 0.717) is 36.5 Å². The number of piperidine rings is 1. The van der Waals surface area contributed by atoms with Crippen LogP contribution in [0.2, 0.25) is 0 Å². The fourth-order valence-electron chi connectivity index (χ4n) is 4.04. The molecular weight excluding hydrogens is 476 g/mol. The number of nitrogen functional groups attached to an aromatic ring is 1. The van der Waals surface area contributed by atoms with Gasteiger partial charge in [0.1, 0.15) is 18.1 Å². The fourth-order valence-corrected chi connectivity index (χ4v) is 4.04. The molecule has 37 heavy (non-hydrogen) atoms. The SMILES string of the molecule is CCNC(=O)c1cc(N2CCC(COc3cc(-c4cnn(C)c4)cnc3N)CC2)nc(OCC(C)O)n1. The third-order valence-corrected chi connectivity index (χ3v) is 6.05. The Morgan fingerprint density at radius 3 is 2.68 bits per heavy atom. The molecule has 0 aliphatic carbocycles. The van der Waals surface area contributed by atoms with E-state index < -0.39 is 6.10 Å². The summed E-state index contributed by atoms with van der Waals surface area (Å²) in [6, 6.07) is 3.64. The van der Waals surface area contributed by atoms with Crippen LogP contribution in [0.25, 0.3) is 11.1 Å². The molecule has 1 unspecified atom stereocenters. The number of pyridine rings is 1. The Bertz CT molecular complexity index is 1210. The summed E-state index contributed by atoms with van der Waals surface area (Å²) in [6.45, 7) is 5.97. The molecular formula is C25H34N8O4. The highest BCUT2D eigenvalue weighted by molar-refractivity contribution is 5.93. The molecule has 4 rings (SSSR count). The number of carbonyl (C=O) groups excluding carboxylic acids is 1. The van der Waals surface area contributed by atoms with Crippen molar-refractivity contribution >= 4 is 17.5 Å². The van der Waals surface area contributed by atoms with Gasteiger partial charge in [-0.15, -0.1) is 0 Å². The van der Waals surface area contributed by atoms with Crippen molar-refractivity contribution in [1.29, 1.82) is 0 Å². The lowest BCUT2D eigenvalue weighted by Gasteiger charge is -2.33. The fraction of sp³-hybridized carbons (Fsp3) is 0.480. The monoisotopic (exact) mass is 510 g/mol. The van der Waals surface area contributed by atoms with Crippen LogP contribution in [0.3, 0.4) is 0 Å². The van der Waals surface area contributed by atoms with Gasteiger partial charge in [-0.1, -0.05) is 0 Å². The van der Waals surface area contributed by atoms with Gasteiger partial charge in [-0.2, -0.15) is 15.1 Å². The molecule has 198 valence electrons. The second-order valence-electron chi connectivity index (χ2n) is 9.16. The summed E-state index contributed by atoms with van der Waals surface area (Å²) >= 11 is 0. The maximum absolute atomic E-state index is 12.4. The lowest BCUT2D eigenvalue weighted by Crippen LogP contribution is -2.36. The summed E-state index contributed by atoms with van der Waals surface area (Å²) in [7, 11) is 1.86. The average molecular weight is 511 g/mol. The molecule has 3 aromatic heterocycles. The van der Waals surface area contributed by atoms with Crippen LogP contribution in [-0.2, 0) is 7.05 Å². The zero-order chi connectivity index (χ0) is 26.4. The van der Waals surface area contributed by atoms with Crippen LogP contribution < -0.4 is 25.4 Å². The zero-order valence-corrected chi connectivity index (χ0v) is 21.4. The van der Waals surface area contributed by atoms with Gasteiger partial charge in [-0.05, 0) is 38.7 Å². The summed E-state index contributed by atoms with van der Waals surface area (Å²) in [5.41, 5.74) is 8.14. The molecule has 1 saturated heterocycles. The highest BCUT2D eigenvalue weighted by Gasteiger charge is 2.23. The molecule has 4 heterocycles. The standard InChI is InChI=1S/C25H34N8O4/c1-4-27-24(35)20-10-22(31-25(30-20)37-14-16(2)34)33-7-5-17(6-8-33)15-36-21-9-18(11-28-23(21)26)19-12-29-32(3)13-19/h9-13,16-17,34H,4-8,14-15H2,1-3H3,(H2,26,28)(H,27,35). The average Bonchev–Trinajstić information content (AvgIpc) is 3.33. The van der Waals surface area contributed by atoms with Gasteiger partial charge in [-0.3, -0.25) is 9.48 Å². The maximum atomic E-state index is 12.4. The van der Waals surface area contributed by atoms with Gasteiger partial charge < -0.3 is 30.5 Å². The molecule has 0 spiro atoms. The van der Waals surface area contributed by atoms with Crippen molar-refractivity contribution in [3.63, 3.8) is 0 Å². The minimum absolute atomic E-state index is 0.0394. The van der Waals surface area contributed by atoms with Gasteiger partial charge in [-0.25, -0.2) is 4.98 Å². The summed E-state index contributed by atoms with van der Waals surface area (Å²) in [5.74, 6) is 1.57. The molecule has 0 radical (unpaired) electrons. The highest BCUT2D eigenvalue weighted by atomic mass is 16.5. The van der Waals surface area contributed by atoms with Crippen LogP contribution in [0.5, 0.6) is 11.8 Å². The van der Waals surface area contributed by atoms with Crippen molar-refractivity contribution in [3.8, 4) is 22.9 Å². The summed E-state index contributed by atoms with van der Waals surface area (Å²) in [4.78, 5) is 27.5. The smallest absolute Gasteiger partial charge is 0.319 e. The molecule has 1 atom stereocenters. The molecule has 1 fully saturated rings. The van der Waals surface area contributed by atoms with Crippen LogP contribution in [0.4, 0.5) is 11.6 Å². The van der Waals surface area contributed by atoms with Gasteiger partial charge in [0.2, 0.25) is 0 Å².